The molecule has 0 spiro atoms. The van der Waals surface area contributed by atoms with Crippen molar-refractivity contribution in [2.75, 3.05) is 7.11 Å². The fourth-order valence-corrected chi connectivity index (χ4v) is 2.99. The number of benzene rings is 1. The molecule has 0 saturated heterocycles. The summed E-state index contributed by atoms with van der Waals surface area (Å²) in [5.41, 5.74) is 7.26. The maximum atomic E-state index is 13.6. The summed E-state index contributed by atoms with van der Waals surface area (Å²) in [6.07, 6.45) is 5.71. The van der Waals surface area contributed by atoms with E-state index in [-0.39, 0.29) is 11.9 Å². The highest BCUT2D eigenvalue weighted by molar-refractivity contribution is 5.29. The summed E-state index contributed by atoms with van der Waals surface area (Å²) in [5, 5.41) is 0. The van der Waals surface area contributed by atoms with Gasteiger partial charge in [-0.3, -0.25) is 0 Å². The summed E-state index contributed by atoms with van der Waals surface area (Å²) in [4.78, 5) is 0. The predicted octanol–water partition coefficient (Wildman–Crippen LogP) is 3.53. The number of methoxy groups -OCH3 is 1. The third-order valence-corrected chi connectivity index (χ3v) is 4.35. The molecule has 0 amide bonds. The number of halogens is 1. The van der Waals surface area contributed by atoms with E-state index < -0.39 is 0 Å². The Balaban J connectivity index is 1.95. The molecular formula is C16H24FNO. The zero-order valence-corrected chi connectivity index (χ0v) is 11.9. The summed E-state index contributed by atoms with van der Waals surface area (Å²) in [7, 11) is 1.48. The maximum absolute atomic E-state index is 13.6. The van der Waals surface area contributed by atoms with Crippen molar-refractivity contribution in [3.8, 4) is 5.75 Å². The summed E-state index contributed by atoms with van der Waals surface area (Å²) >= 11 is 0. The molecule has 2 rings (SSSR count). The highest BCUT2D eigenvalue weighted by Crippen LogP contribution is 2.31. The minimum absolute atomic E-state index is 0.139. The smallest absolute Gasteiger partial charge is 0.165 e. The highest BCUT2D eigenvalue weighted by atomic mass is 19.1. The first-order chi connectivity index (χ1) is 9.10. The number of nitrogens with two attached hydrogens (primary N) is 1. The molecule has 0 radical (unpaired) electrons. The van der Waals surface area contributed by atoms with Gasteiger partial charge < -0.3 is 10.5 Å². The van der Waals surface area contributed by atoms with Gasteiger partial charge in [-0.1, -0.05) is 25.8 Å². The van der Waals surface area contributed by atoms with Gasteiger partial charge in [0, 0.05) is 6.04 Å². The monoisotopic (exact) mass is 265 g/mol. The van der Waals surface area contributed by atoms with Crippen molar-refractivity contribution in [2.24, 2.45) is 17.6 Å². The fourth-order valence-electron chi connectivity index (χ4n) is 2.99. The van der Waals surface area contributed by atoms with Crippen LogP contribution in [-0.4, -0.2) is 13.2 Å². The standard InChI is InChI=1S/C16H24FNO/c1-11-3-6-13(7-4-11)15(18)10-12-5-8-16(19-2)14(17)9-12/h5,8-9,11,13,15H,3-4,6-7,10,18H2,1-2H3. The average molecular weight is 265 g/mol. The van der Waals surface area contributed by atoms with Gasteiger partial charge in [0.2, 0.25) is 0 Å². The summed E-state index contributed by atoms with van der Waals surface area (Å²) < 4.78 is 18.6. The first-order valence-electron chi connectivity index (χ1n) is 7.18. The molecule has 0 aromatic heterocycles. The van der Waals surface area contributed by atoms with Gasteiger partial charge in [-0.15, -0.1) is 0 Å². The predicted molar refractivity (Wildman–Crippen MR) is 75.8 cm³/mol. The van der Waals surface area contributed by atoms with Gasteiger partial charge >= 0.3 is 0 Å². The first-order valence-corrected chi connectivity index (χ1v) is 7.18. The second-order valence-electron chi connectivity index (χ2n) is 5.86. The molecule has 1 fully saturated rings. The molecule has 1 aromatic carbocycles. The molecule has 0 aliphatic heterocycles. The molecule has 106 valence electrons. The van der Waals surface area contributed by atoms with Crippen LogP contribution in [0.5, 0.6) is 5.75 Å². The Morgan fingerprint density at radius 1 is 1.32 bits per heavy atom. The van der Waals surface area contributed by atoms with Crippen LogP contribution in [0.1, 0.15) is 38.2 Å². The van der Waals surface area contributed by atoms with Gasteiger partial charge in [0.25, 0.3) is 0 Å². The van der Waals surface area contributed by atoms with Crippen molar-refractivity contribution in [3.05, 3.63) is 29.6 Å². The quantitative estimate of drug-likeness (QED) is 0.904. The zero-order valence-electron chi connectivity index (χ0n) is 11.9. The van der Waals surface area contributed by atoms with Crippen LogP contribution in [0.25, 0.3) is 0 Å². The number of rotatable bonds is 4. The molecule has 0 bridgehead atoms. The van der Waals surface area contributed by atoms with Crippen LogP contribution < -0.4 is 10.5 Å². The third kappa shape index (κ3) is 3.69. The lowest BCUT2D eigenvalue weighted by Gasteiger charge is -2.30. The van der Waals surface area contributed by atoms with Crippen molar-refractivity contribution in [1.82, 2.24) is 0 Å². The number of ether oxygens (including phenoxy) is 1. The van der Waals surface area contributed by atoms with Crippen LogP contribution >= 0.6 is 0 Å². The van der Waals surface area contributed by atoms with E-state index in [0.29, 0.717) is 11.7 Å². The van der Waals surface area contributed by atoms with Crippen molar-refractivity contribution < 1.29 is 9.13 Å². The number of hydrogen-bond donors (Lipinski definition) is 1. The Bertz CT molecular complexity index is 413. The molecular weight excluding hydrogens is 241 g/mol. The van der Waals surface area contributed by atoms with Crippen LogP contribution in [0.3, 0.4) is 0 Å². The van der Waals surface area contributed by atoms with Gasteiger partial charge in [0.05, 0.1) is 7.11 Å². The van der Waals surface area contributed by atoms with Crippen LogP contribution in [-0.2, 0) is 6.42 Å². The summed E-state index contributed by atoms with van der Waals surface area (Å²) in [6.45, 7) is 2.31. The van der Waals surface area contributed by atoms with Gasteiger partial charge in [-0.2, -0.15) is 0 Å². The normalized spacial score (nSPS) is 25.1. The van der Waals surface area contributed by atoms with Gasteiger partial charge in [-0.25, -0.2) is 4.39 Å². The molecule has 2 N–H and O–H groups in total. The second kappa shape index (κ2) is 6.38. The van der Waals surface area contributed by atoms with Crippen LogP contribution in [0.4, 0.5) is 4.39 Å². The van der Waals surface area contributed by atoms with E-state index in [1.54, 1.807) is 12.1 Å². The van der Waals surface area contributed by atoms with Crippen LogP contribution in [0, 0.1) is 17.7 Å². The zero-order chi connectivity index (χ0) is 13.8. The van der Waals surface area contributed by atoms with Gasteiger partial charge in [0.15, 0.2) is 11.6 Å². The van der Waals surface area contributed by atoms with Crippen molar-refractivity contribution in [2.45, 2.75) is 45.1 Å². The van der Waals surface area contributed by atoms with Gasteiger partial charge in [-0.05, 0) is 48.8 Å². The molecule has 2 nitrogen and oxygen atoms in total. The Kier molecular flexibility index (Phi) is 4.81. The molecule has 1 atom stereocenters. The Morgan fingerprint density at radius 2 is 2.00 bits per heavy atom. The van der Waals surface area contributed by atoms with E-state index in [9.17, 15) is 4.39 Å². The van der Waals surface area contributed by atoms with Crippen molar-refractivity contribution in [1.29, 1.82) is 0 Å². The first kappa shape index (κ1) is 14.3. The SMILES string of the molecule is COc1ccc(CC(N)C2CCC(C)CC2)cc1F. The lowest BCUT2D eigenvalue weighted by Crippen LogP contribution is -2.34. The van der Waals surface area contributed by atoms with E-state index >= 15 is 0 Å². The van der Waals surface area contributed by atoms with E-state index in [1.165, 1.54) is 32.8 Å². The molecule has 1 saturated carbocycles. The van der Waals surface area contributed by atoms with Crippen LogP contribution in [0.15, 0.2) is 18.2 Å². The molecule has 1 aromatic rings. The molecule has 1 aliphatic rings. The second-order valence-corrected chi connectivity index (χ2v) is 5.86. The Hall–Kier alpha value is -1.09. The lowest BCUT2D eigenvalue weighted by atomic mass is 9.78. The van der Waals surface area contributed by atoms with E-state index in [2.05, 4.69) is 6.92 Å². The van der Waals surface area contributed by atoms with E-state index in [1.807, 2.05) is 6.07 Å². The van der Waals surface area contributed by atoms with E-state index in [4.69, 9.17) is 10.5 Å². The van der Waals surface area contributed by atoms with Crippen LogP contribution in [0.2, 0.25) is 0 Å². The summed E-state index contributed by atoms with van der Waals surface area (Å²) in [6, 6.07) is 5.28. The average Bonchev–Trinajstić information content (AvgIpc) is 2.39. The highest BCUT2D eigenvalue weighted by Gasteiger charge is 2.23. The minimum Gasteiger partial charge on any atom is -0.494 e. The maximum Gasteiger partial charge on any atom is 0.165 e. The molecule has 3 heteroatoms. The third-order valence-electron chi connectivity index (χ3n) is 4.35. The Labute approximate surface area is 115 Å². The molecule has 19 heavy (non-hydrogen) atoms. The fraction of sp³-hybridized carbons (Fsp3) is 0.625. The minimum atomic E-state index is -0.301. The van der Waals surface area contributed by atoms with Gasteiger partial charge in [0.1, 0.15) is 0 Å². The summed E-state index contributed by atoms with van der Waals surface area (Å²) in [5.74, 6) is 1.41. The van der Waals surface area contributed by atoms with E-state index in [0.717, 1.165) is 17.9 Å². The molecule has 1 unspecified atom stereocenters. The Morgan fingerprint density at radius 3 is 2.58 bits per heavy atom. The lowest BCUT2D eigenvalue weighted by molar-refractivity contribution is 0.253. The van der Waals surface area contributed by atoms with Crippen molar-refractivity contribution in [3.63, 3.8) is 0 Å². The largest absolute Gasteiger partial charge is 0.494 e. The molecule has 1 aliphatic carbocycles. The molecule has 0 heterocycles. The topological polar surface area (TPSA) is 35.2 Å². The number of hydrogen-bond acceptors (Lipinski definition) is 2. The van der Waals surface area contributed by atoms with Crippen molar-refractivity contribution >= 4 is 0 Å².